The van der Waals surface area contributed by atoms with Crippen molar-refractivity contribution in [1.29, 1.82) is 0 Å². The smallest absolute Gasteiger partial charge is 0.318 e. The standard InChI is InChI=1S/C18H26N2O3/c21-11-10-20(13-14-5-2-1-3-6-14)18(22)19-16-7-4-8-17-15(16)9-12-23-17/h1-3,5-6,15-17,21H,4,7-13H2,(H,19,22). The van der Waals surface area contributed by atoms with Gasteiger partial charge in [0.1, 0.15) is 0 Å². The van der Waals surface area contributed by atoms with Crippen LogP contribution in [0, 0.1) is 5.92 Å². The minimum absolute atomic E-state index is 0.0277. The van der Waals surface area contributed by atoms with Crippen LogP contribution >= 0.6 is 0 Å². The number of nitrogens with one attached hydrogen (secondary N) is 1. The molecular weight excluding hydrogens is 292 g/mol. The Morgan fingerprint density at radius 1 is 1.26 bits per heavy atom. The molecule has 3 atom stereocenters. The van der Waals surface area contributed by atoms with E-state index >= 15 is 0 Å². The van der Waals surface area contributed by atoms with Gasteiger partial charge in [-0.15, -0.1) is 0 Å². The SMILES string of the molecule is O=C(NC1CCCC2OCCC12)N(CCO)Cc1ccccc1. The molecule has 1 heterocycles. The number of ether oxygens (including phenoxy) is 1. The molecule has 126 valence electrons. The van der Waals surface area contributed by atoms with E-state index in [1.54, 1.807) is 4.90 Å². The highest BCUT2D eigenvalue weighted by molar-refractivity contribution is 5.74. The van der Waals surface area contributed by atoms with Crippen molar-refractivity contribution in [2.24, 2.45) is 5.92 Å². The number of aliphatic hydroxyl groups is 1. The summed E-state index contributed by atoms with van der Waals surface area (Å²) in [6.07, 6.45) is 4.59. The lowest BCUT2D eigenvalue weighted by Crippen LogP contribution is -2.50. The van der Waals surface area contributed by atoms with E-state index in [-0.39, 0.29) is 18.7 Å². The van der Waals surface area contributed by atoms with Crippen molar-refractivity contribution in [3.63, 3.8) is 0 Å². The Hall–Kier alpha value is -1.59. The molecule has 23 heavy (non-hydrogen) atoms. The van der Waals surface area contributed by atoms with Gasteiger partial charge in [0.25, 0.3) is 0 Å². The summed E-state index contributed by atoms with van der Waals surface area (Å²) in [7, 11) is 0. The van der Waals surface area contributed by atoms with Crippen LogP contribution in [0.3, 0.4) is 0 Å². The third kappa shape index (κ3) is 4.03. The Balaban J connectivity index is 1.61. The molecule has 3 unspecified atom stereocenters. The molecule has 0 spiro atoms. The van der Waals surface area contributed by atoms with Crippen molar-refractivity contribution < 1.29 is 14.6 Å². The summed E-state index contributed by atoms with van der Waals surface area (Å²) in [5.74, 6) is 0.445. The van der Waals surface area contributed by atoms with E-state index in [9.17, 15) is 9.90 Å². The number of aliphatic hydroxyl groups excluding tert-OH is 1. The van der Waals surface area contributed by atoms with Crippen molar-refractivity contribution in [3.8, 4) is 0 Å². The highest BCUT2D eigenvalue weighted by Gasteiger charge is 2.38. The number of carbonyl (C=O) groups excluding carboxylic acids is 1. The number of urea groups is 1. The zero-order valence-corrected chi connectivity index (χ0v) is 13.5. The molecule has 1 aliphatic heterocycles. The Bertz CT molecular complexity index is 508. The fourth-order valence-electron chi connectivity index (χ4n) is 3.78. The molecule has 5 heteroatoms. The van der Waals surface area contributed by atoms with Crippen LogP contribution < -0.4 is 5.32 Å². The van der Waals surface area contributed by atoms with Crippen molar-refractivity contribution in [3.05, 3.63) is 35.9 Å². The summed E-state index contributed by atoms with van der Waals surface area (Å²) in [6.45, 7) is 1.65. The number of nitrogens with zero attached hydrogens (tertiary/aromatic N) is 1. The van der Waals surface area contributed by atoms with Gasteiger partial charge in [-0.25, -0.2) is 4.79 Å². The van der Waals surface area contributed by atoms with E-state index in [2.05, 4.69) is 5.32 Å². The molecule has 2 amide bonds. The quantitative estimate of drug-likeness (QED) is 0.874. The highest BCUT2D eigenvalue weighted by Crippen LogP contribution is 2.34. The molecule has 1 aliphatic carbocycles. The van der Waals surface area contributed by atoms with Gasteiger partial charge in [0, 0.05) is 31.7 Å². The Labute approximate surface area is 137 Å². The largest absolute Gasteiger partial charge is 0.395 e. The summed E-state index contributed by atoms with van der Waals surface area (Å²) in [6, 6.07) is 10.00. The molecule has 0 radical (unpaired) electrons. The topological polar surface area (TPSA) is 61.8 Å². The number of rotatable bonds is 5. The molecule has 0 aromatic heterocycles. The minimum Gasteiger partial charge on any atom is -0.395 e. The van der Waals surface area contributed by atoms with Gasteiger partial charge in [0.2, 0.25) is 0 Å². The number of carbonyl (C=O) groups is 1. The Morgan fingerprint density at radius 3 is 2.87 bits per heavy atom. The fourth-order valence-corrected chi connectivity index (χ4v) is 3.78. The summed E-state index contributed by atoms with van der Waals surface area (Å²) in [5.41, 5.74) is 1.07. The van der Waals surface area contributed by atoms with Crippen LogP contribution in [0.5, 0.6) is 0 Å². The van der Waals surface area contributed by atoms with E-state index in [0.717, 1.165) is 37.9 Å². The van der Waals surface area contributed by atoms with Crippen LogP contribution in [0.2, 0.25) is 0 Å². The zero-order valence-electron chi connectivity index (χ0n) is 13.5. The van der Waals surface area contributed by atoms with Gasteiger partial charge in [-0.3, -0.25) is 0 Å². The molecule has 1 aromatic carbocycles. The number of fused-ring (bicyclic) bond motifs is 1. The first-order valence-corrected chi connectivity index (χ1v) is 8.60. The van der Waals surface area contributed by atoms with Gasteiger partial charge in [-0.1, -0.05) is 30.3 Å². The Kier molecular flexibility index (Phi) is 5.51. The van der Waals surface area contributed by atoms with Gasteiger partial charge in [-0.2, -0.15) is 0 Å². The molecule has 2 aliphatic rings. The van der Waals surface area contributed by atoms with Crippen LogP contribution in [-0.4, -0.2) is 47.9 Å². The first-order chi connectivity index (χ1) is 11.3. The molecule has 1 saturated heterocycles. The van der Waals surface area contributed by atoms with Crippen LogP contribution in [-0.2, 0) is 11.3 Å². The number of hydrogen-bond acceptors (Lipinski definition) is 3. The second-order valence-electron chi connectivity index (χ2n) is 6.48. The molecule has 3 rings (SSSR count). The van der Waals surface area contributed by atoms with Gasteiger partial charge in [-0.05, 0) is 31.2 Å². The third-order valence-corrected chi connectivity index (χ3v) is 4.96. The van der Waals surface area contributed by atoms with Crippen molar-refractivity contribution in [2.45, 2.75) is 44.4 Å². The maximum atomic E-state index is 12.7. The van der Waals surface area contributed by atoms with Crippen LogP contribution in [0.15, 0.2) is 30.3 Å². The first kappa shape index (κ1) is 16.3. The van der Waals surface area contributed by atoms with Crippen LogP contribution in [0.4, 0.5) is 4.79 Å². The van der Waals surface area contributed by atoms with Crippen LogP contribution in [0.25, 0.3) is 0 Å². The third-order valence-electron chi connectivity index (χ3n) is 4.96. The zero-order chi connectivity index (χ0) is 16.1. The van der Waals surface area contributed by atoms with Crippen molar-refractivity contribution in [2.75, 3.05) is 19.8 Å². The lowest BCUT2D eigenvalue weighted by Gasteiger charge is -2.35. The predicted octanol–water partition coefficient (Wildman–Crippen LogP) is 2.15. The van der Waals surface area contributed by atoms with E-state index in [0.29, 0.717) is 25.1 Å². The molecule has 1 aromatic rings. The van der Waals surface area contributed by atoms with E-state index < -0.39 is 0 Å². The predicted molar refractivity (Wildman–Crippen MR) is 88.0 cm³/mol. The van der Waals surface area contributed by atoms with Crippen LogP contribution in [0.1, 0.15) is 31.2 Å². The lowest BCUT2D eigenvalue weighted by molar-refractivity contribution is 0.0535. The van der Waals surface area contributed by atoms with Crippen molar-refractivity contribution in [1.82, 2.24) is 10.2 Å². The molecule has 5 nitrogen and oxygen atoms in total. The summed E-state index contributed by atoms with van der Waals surface area (Å²) in [4.78, 5) is 14.3. The van der Waals surface area contributed by atoms with Gasteiger partial charge in [0.15, 0.2) is 0 Å². The normalized spacial score (nSPS) is 26.6. The van der Waals surface area contributed by atoms with Gasteiger partial charge < -0.3 is 20.1 Å². The molecule has 1 saturated carbocycles. The minimum atomic E-state index is -0.0829. The average Bonchev–Trinajstić information content (AvgIpc) is 3.05. The maximum absolute atomic E-state index is 12.7. The second kappa shape index (κ2) is 7.79. The molecule has 0 bridgehead atoms. The summed E-state index contributed by atoms with van der Waals surface area (Å²) >= 11 is 0. The number of amides is 2. The molecule has 2 N–H and O–H groups in total. The van der Waals surface area contributed by atoms with E-state index in [1.165, 1.54) is 0 Å². The second-order valence-corrected chi connectivity index (χ2v) is 6.48. The summed E-state index contributed by atoms with van der Waals surface area (Å²) < 4.78 is 5.77. The fraction of sp³-hybridized carbons (Fsp3) is 0.611. The Morgan fingerprint density at radius 2 is 2.09 bits per heavy atom. The number of hydrogen-bond donors (Lipinski definition) is 2. The lowest BCUT2D eigenvalue weighted by atomic mass is 9.82. The highest BCUT2D eigenvalue weighted by atomic mass is 16.5. The molecular formula is C18H26N2O3. The van der Waals surface area contributed by atoms with Gasteiger partial charge in [0.05, 0.1) is 12.7 Å². The molecule has 2 fully saturated rings. The van der Waals surface area contributed by atoms with Gasteiger partial charge >= 0.3 is 6.03 Å². The number of benzene rings is 1. The monoisotopic (exact) mass is 318 g/mol. The van der Waals surface area contributed by atoms with E-state index in [4.69, 9.17) is 4.74 Å². The maximum Gasteiger partial charge on any atom is 0.318 e. The van der Waals surface area contributed by atoms with E-state index in [1.807, 2.05) is 30.3 Å². The first-order valence-electron chi connectivity index (χ1n) is 8.60. The average molecular weight is 318 g/mol. The summed E-state index contributed by atoms with van der Waals surface area (Å²) in [5, 5.41) is 12.5. The van der Waals surface area contributed by atoms with Crippen molar-refractivity contribution >= 4 is 6.03 Å².